The van der Waals surface area contributed by atoms with Gasteiger partial charge >= 0.3 is 0 Å². The molecule has 1 aliphatic rings. The normalized spacial score (nSPS) is 13.7. The van der Waals surface area contributed by atoms with Crippen molar-refractivity contribution in [3.8, 4) is 11.1 Å². The van der Waals surface area contributed by atoms with Gasteiger partial charge in [0.2, 0.25) is 11.8 Å². The molecule has 0 spiro atoms. The second-order valence-corrected chi connectivity index (χ2v) is 7.24. The SMILES string of the molecule is C=C(CC(=O)NC1CCCC1)NNC(=O)Cc1ccc(-c2ccccc2)cc1. The van der Waals surface area contributed by atoms with Crippen LogP contribution in [0.4, 0.5) is 0 Å². The average molecular weight is 377 g/mol. The Bertz CT molecular complexity index is 810. The highest BCUT2D eigenvalue weighted by molar-refractivity contribution is 5.80. The van der Waals surface area contributed by atoms with E-state index < -0.39 is 0 Å². The molecular formula is C23H27N3O2. The van der Waals surface area contributed by atoms with Crippen LogP contribution in [0.3, 0.4) is 0 Å². The highest BCUT2D eigenvalue weighted by Crippen LogP contribution is 2.19. The monoisotopic (exact) mass is 377 g/mol. The second kappa shape index (κ2) is 9.74. The van der Waals surface area contributed by atoms with Gasteiger partial charge in [-0.25, -0.2) is 0 Å². The number of hydrazine groups is 1. The maximum atomic E-state index is 12.1. The van der Waals surface area contributed by atoms with E-state index in [4.69, 9.17) is 0 Å². The fraction of sp³-hybridized carbons (Fsp3) is 0.304. The third-order valence-corrected chi connectivity index (χ3v) is 4.90. The number of hydrogen-bond acceptors (Lipinski definition) is 3. The fourth-order valence-electron chi connectivity index (χ4n) is 3.42. The van der Waals surface area contributed by atoms with Crippen LogP contribution in [0.25, 0.3) is 11.1 Å². The zero-order valence-electron chi connectivity index (χ0n) is 16.0. The molecule has 3 rings (SSSR count). The molecule has 1 aliphatic carbocycles. The molecule has 1 fully saturated rings. The van der Waals surface area contributed by atoms with E-state index in [0.29, 0.717) is 5.70 Å². The summed E-state index contributed by atoms with van der Waals surface area (Å²) in [5, 5.41) is 3.00. The fourth-order valence-corrected chi connectivity index (χ4v) is 3.42. The number of nitrogens with one attached hydrogen (secondary N) is 3. The predicted octanol–water partition coefficient (Wildman–Crippen LogP) is 3.48. The molecule has 0 aromatic heterocycles. The summed E-state index contributed by atoms with van der Waals surface area (Å²) in [6, 6.07) is 18.3. The Morgan fingerprint density at radius 2 is 1.50 bits per heavy atom. The van der Waals surface area contributed by atoms with Gasteiger partial charge in [-0.1, -0.05) is 74.0 Å². The Kier molecular flexibility index (Phi) is 6.84. The van der Waals surface area contributed by atoms with Crippen molar-refractivity contribution in [1.29, 1.82) is 0 Å². The van der Waals surface area contributed by atoms with Gasteiger partial charge in [-0.05, 0) is 29.5 Å². The van der Waals surface area contributed by atoms with Crippen molar-refractivity contribution >= 4 is 11.8 Å². The summed E-state index contributed by atoms with van der Waals surface area (Å²) in [6.07, 6.45) is 4.85. The third kappa shape index (κ3) is 5.98. The van der Waals surface area contributed by atoms with Crippen LogP contribution in [0, 0.1) is 0 Å². The molecule has 0 unspecified atom stereocenters. The van der Waals surface area contributed by atoms with Crippen LogP contribution < -0.4 is 16.2 Å². The molecule has 0 aliphatic heterocycles. The van der Waals surface area contributed by atoms with E-state index in [0.717, 1.165) is 29.5 Å². The van der Waals surface area contributed by atoms with E-state index in [1.807, 2.05) is 42.5 Å². The molecule has 0 atom stereocenters. The van der Waals surface area contributed by atoms with Crippen LogP contribution in [-0.4, -0.2) is 17.9 Å². The van der Waals surface area contributed by atoms with E-state index >= 15 is 0 Å². The smallest absolute Gasteiger partial charge is 0.242 e. The summed E-state index contributed by atoms with van der Waals surface area (Å²) in [4.78, 5) is 24.1. The molecule has 2 aromatic carbocycles. The van der Waals surface area contributed by atoms with Crippen LogP contribution in [0.15, 0.2) is 66.9 Å². The summed E-state index contributed by atoms with van der Waals surface area (Å²) in [5.41, 5.74) is 9.00. The molecule has 1 saturated carbocycles. The van der Waals surface area contributed by atoms with Crippen molar-refractivity contribution in [3.05, 3.63) is 72.4 Å². The van der Waals surface area contributed by atoms with Crippen LogP contribution in [0.2, 0.25) is 0 Å². The molecule has 5 heteroatoms. The predicted molar refractivity (Wildman–Crippen MR) is 111 cm³/mol. The zero-order chi connectivity index (χ0) is 19.8. The minimum Gasteiger partial charge on any atom is -0.353 e. The molecule has 0 heterocycles. The Hall–Kier alpha value is -3.08. The first-order valence-electron chi connectivity index (χ1n) is 9.76. The minimum absolute atomic E-state index is 0.0600. The molecule has 2 amide bonds. The summed E-state index contributed by atoms with van der Waals surface area (Å²) in [6.45, 7) is 3.81. The summed E-state index contributed by atoms with van der Waals surface area (Å²) in [7, 11) is 0. The first-order valence-corrected chi connectivity index (χ1v) is 9.76. The number of amides is 2. The quantitative estimate of drug-likeness (QED) is 0.617. The minimum atomic E-state index is -0.176. The topological polar surface area (TPSA) is 70.2 Å². The molecular weight excluding hydrogens is 350 g/mol. The van der Waals surface area contributed by atoms with Crippen LogP contribution in [0.5, 0.6) is 0 Å². The lowest BCUT2D eigenvalue weighted by atomic mass is 10.0. The molecule has 3 N–H and O–H groups in total. The van der Waals surface area contributed by atoms with Crippen molar-refractivity contribution in [2.75, 3.05) is 0 Å². The highest BCUT2D eigenvalue weighted by Gasteiger charge is 2.17. The number of hydrogen-bond donors (Lipinski definition) is 3. The Labute approximate surface area is 166 Å². The third-order valence-electron chi connectivity index (χ3n) is 4.90. The molecule has 2 aromatic rings. The molecule has 0 radical (unpaired) electrons. The van der Waals surface area contributed by atoms with Crippen molar-refractivity contribution in [3.63, 3.8) is 0 Å². The van der Waals surface area contributed by atoms with E-state index in [1.165, 1.54) is 12.8 Å². The second-order valence-electron chi connectivity index (χ2n) is 7.24. The molecule has 5 nitrogen and oxygen atoms in total. The molecule has 146 valence electrons. The van der Waals surface area contributed by atoms with Crippen molar-refractivity contribution in [2.24, 2.45) is 0 Å². The van der Waals surface area contributed by atoms with Gasteiger partial charge in [0.05, 0.1) is 12.8 Å². The number of carbonyl (C=O) groups excluding carboxylic acids is 2. The maximum absolute atomic E-state index is 12.1. The van der Waals surface area contributed by atoms with E-state index in [1.54, 1.807) is 0 Å². The summed E-state index contributed by atoms with van der Waals surface area (Å²) >= 11 is 0. The maximum Gasteiger partial charge on any atom is 0.242 e. The van der Waals surface area contributed by atoms with Gasteiger partial charge in [-0.2, -0.15) is 0 Å². The molecule has 28 heavy (non-hydrogen) atoms. The highest BCUT2D eigenvalue weighted by atomic mass is 16.2. The van der Waals surface area contributed by atoms with Gasteiger partial charge in [-0.15, -0.1) is 0 Å². The lowest BCUT2D eigenvalue weighted by molar-refractivity contribution is -0.123. The van der Waals surface area contributed by atoms with E-state index in [9.17, 15) is 9.59 Å². The Morgan fingerprint density at radius 3 is 2.18 bits per heavy atom. The molecule has 0 bridgehead atoms. The summed E-state index contributed by atoms with van der Waals surface area (Å²) in [5.74, 6) is -0.236. The van der Waals surface area contributed by atoms with E-state index in [-0.39, 0.29) is 30.7 Å². The zero-order valence-corrected chi connectivity index (χ0v) is 16.0. The van der Waals surface area contributed by atoms with Crippen molar-refractivity contribution < 1.29 is 9.59 Å². The Balaban J connectivity index is 1.40. The Morgan fingerprint density at radius 1 is 0.857 bits per heavy atom. The first-order chi connectivity index (χ1) is 13.6. The van der Waals surface area contributed by atoms with Gasteiger partial charge in [-0.3, -0.25) is 15.0 Å². The van der Waals surface area contributed by atoms with Crippen molar-refractivity contribution in [2.45, 2.75) is 44.6 Å². The van der Waals surface area contributed by atoms with Gasteiger partial charge in [0, 0.05) is 11.7 Å². The van der Waals surface area contributed by atoms with Crippen LogP contribution in [0.1, 0.15) is 37.7 Å². The van der Waals surface area contributed by atoms with Crippen LogP contribution in [-0.2, 0) is 16.0 Å². The summed E-state index contributed by atoms with van der Waals surface area (Å²) < 4.78 is 0. The largest absolute Gasteiger partial charge is 0.353 e. The standard InChI is InChI=1S/C23H27N3O2/c1-17(15-22(27)24-21-9-5-6-10-21)25-26-23(28)16-18-11-13-20(14-12-18)19-7-3-2-4-8-19/h2-4,7-8,11-14,21,25H,1,5-6,9-10,15-16H2,(H,24,27)(H,26,28). The van der Waals surface area contributed by atoms with Gasteiger partial charge in [0.15, 0.2) is 0 Å². The van der Waals surface area contributed by atoms with Crippen LogP contribution >= 0.6 is 0 Å². The first kappa shape index (κ1) is 19.7. The van der Waals surface area contributed by atoms with Gasteiger partial charge in [0.25, 0.3) is 0 Å². The number of rotatable bonds is 8. The van der Waals surface area contributed by atoms with Gasteiger partial charge < -0.3 is 10.7 Å². The molecule has 0 saturated heterocycles. The average Bonchev–Trinajstić information content (AvgIpc) is 3.20. The lowest BCUT2D eigenvalue weighted by Gasteiger charge is -2.14. The van der Waals surface area contributed by atoms with Gasteiger partial charge in [0.1, 0.15) is 0 Å². The number of benzene rings is 2. The van der Waals surface area contributed by atoms with E-state index in [2.05, 4.69) is 34.9 Å². The number of carbonyl (C=O) groups is 2. The van der Waals surface area contributed by atoms with Crippen molar-refractivity contribution in [1.82, 2.24) is 16.2 Å². The lowest BCUT2D eigenvalue weighted by Crippen LogP contribution is -2.40.